The van der Waals surface area contributed by atoms with Gasteiger partial charge in [-0.25, -0.2) is 13.1 Å². The molecule has 1 saturated carbocycles. The van der Waals surface area contributed by atoms with E-state index in [1.807, 2.05) is 0 Å². The number of carbonyl (C=O) groups excluding carboxylic acids is 1. The zero-order valence-electron chi connectivity index (χ0n) is 8.93. The van der Waals surface area contributed by atoms with Crippen LogP contribution in [0.2, 0.25) is 0 Å². The summed E-state index contributed by atoms with van der Waals surface area (Å²) in [6.07, 6.45) is 3.00. The second-order valence-corrected chi connectivity index (χ2v) is 5.55. The van der Waals surface area contributed by atoms with E-state index >= 15 is 0 Å². The van der Waals surface area contributed by atoms with Crippen LogP contribution in [0.4, 0.5) is 5.82 Å². The Hall–Kier alpha value is -1.61. The van der Waals surface area contributed by atoms with Crippen LogP contribution >= 0.6 is 0 Å². The zero-order valence-corrected chi connectivity index (χ0v) is 9.75. The second-order valence-electron chi connectivity index (χ2n) is 3.81. The fraction of sp³-hybridized carbons (Fsp3) is 0.500. The molecule has 8 nitrogen and oxygen atoms in total. The molecule has 1 aliphatic rings. The molecule has 2 rings (SSSR count). The van der Waals surface area contributed by atoms with Crippen LogP contribution in [0.15, 0.2) is 11.1 Å². The summed E-state index contributed by atoms with van der Waals surface area (Å²) in [6.45, 7) is -0.302. The van der Waals surface area contributed by atoms with Gasteiger partial charge in [-0.3, -0.25) is 9.89 Å². The summed E-state index contributed by atoms with van der Waals surface area (Å²) in [4.78, 5) is 11.1. The topological polar surface area (TPSA) is 130 Å². The maximum Gasteiger partial charge on any atom is 0.246 e. The molecular weight excluding hydrogens is 246 g/mol. The monoisotopic (exact) mass is 259 g/mol. The van der Waals surface area contributed by atoms with Gasteiger partial charge < -0.3 is 11.1 Å². The van der Waals surface area contributed by atoms with Crippen molar-refractivity contribution in [3.63, 3.8) is 0 Å². The minimum absolute atomic E-state index is 0.0555. The molecule has 9 heteroatoms. The number of aromatic amines is 1. The average molecular weight is 259 g/mol. The van der Waals surface area contributed by atoms with E-state index in [-0.39, 0.29) is 29.2 Å². The number of nitrogens with two attached hydrogens (primary N) is 1. The van der Waals surface area contributed by atoms with Crippen molar-refractivity contribution in [1.82, 2.24) is 20.2 Å². The number of anilines is 1. The lowest BCUT2D eigenvalue weighted by Crippen LogP contribution is -2.37. The van der Waals surface area contributed by atoms with Gasteiger partial charge in [0.2, 0.25) is 15.9 Å². The van der Waals surface area contributed by atoms with Crippen molar-refractivity contribution in [1.29, 1.82) is 0 Å². The molecule has 0 aromatic carbocycles. The Morgan fingerprint density at radius 3 is 2.82 bits per heavy atom. The van der Waals surface area contributed by atoms with Crippen LogP contribution in [0.1, 0.15) is 12.8 Å². The molecule has 0 aliphatic heterocycles. The highest BCUT2D eigenvalue weighted by Crippen LogP contribution is 2.18. The van der Waals surface area contributed by atoms with Crippen LogP contribution < -0.4 is 15.8 Å². The Morgan fingerprint density at radius 2 is 2.29 bits per heavy atom. The van der Waals surface area contributed by atoms with Crippen LogP contribution in [0.5, 0.6) is 0 Å². The van der Waals surface area contributed by atoms with E-state index in [0.29, 0.717) is 0 Å². The van der Waals surface area contributed by atoms with E-state index in [4.69, 9.17) is 5.73 Å². The van der Waals surface area contributed by atoms with Gasteiger partial charge in [0.1, 0.15) is 10.7 Å². The number of rotatable bonds is 5. The molecule has 1 amide bonds. The maximum absolute atomic E-state index is 11.7. The number of hydrogen-bond donors (Lipinski definition) is 4. The largest absolute Gasteiger partial charge is 0.383 e. The molecule has 1 aliphatic carbocycles. The molecule has 0 spiro atoms. The summed E-state index contributed by atoms with van der Waals surface area (Å²) in [5, 5.41) is 8.48. The van der Waals surface area contributed by atoms with E-state index in [2.05, 4.69) is 20.2 Å². The summed E-state index contributed by atoms with van der Waals surface area (Å²) in [5.41, 5.74) is 5.39. The van der Waals surface area contributed by atoms with Crippen LogP contribution in [0.25, 0.3) is 0 Å². The van der Waals surface area contributed by atoms with Gasteiger partial charge in [-0.05, 0) is 12.8 Å². The lowest BCUT2D eigenvalue weighted by Gasteiger charge is -2.05. The Kier molecular flexibility index (Phi) is 3.03. The molecular formula is C8H13N5O3S. The fourth-order valence-corrected chi connectivity index (χ4v) is 2.25. The Morgan fingerprint density at radius 1 is 1.59 bits per heavy atom. The first kappa shape index (κ1) is 11.9. The molecule has 1 aromatic rings. The van der Waals surface area contributed by atoms with Gasteiger partial charge in [0.05, 0.1) is 12.7 Å². The first-order valence-corrected chi connectivity index (χ1v) is 6.55. The van der Waals surface area contributed by atoms with Crippen molar-refractivity contribution in [3.8, 4) is 0 Å². The molecule has 5 N–H and O–H groups in total. The Labute approximate surface area is 98.0 Å². The van der Waals surface area contributed by atoms with Gasteiger partial charge >= 0.3 is 0 Å². The normalized spacial score (nSPS) is 15.8. The number of carbonyl (C=O) groups is 1. The minimum atomic E-state index is -3.79. The van der Waals surface area contributed by atoms with Gasteiger partial charge in [-0.1, -0.05) is 0 Å². The van der Waals surface area contributed by atoms with Gasteiger partial charge in [-0.15, -0.1) is 0 Å². The lowest BCUT2D eigenvalue weighted by atomic mass is 10.5. The minimum Gasteiger partial charge on any atom is -0.383 e. The molecule has 1 heterocycles. The Bertz CT molecular complexity index is 519. The number of nitrogens with zero attached hydrogens (tertiary/aromatic N) is 1. The number of nitrogen functional groups attached to an aromatic ring is 1. The summed E-state index contributed by atoms with van der Waals surface area (Å²) in [5.74, 6) is -0.404. The van der Waals surface area contributed by atoms with Crippen molar-refractivity contribution in [3.05, 3.63) is 6.20 Å². The van der Waals surface area contributed by atoms with Gasteiger partial charge in [0, 0.05) is 6.04 Å². The SMILES string of the molecule is Nc1[nH]ncc1S(=O)(=O)NCC(=O)NC1CC1. The highest BCUT2D eigenvalue weighted by molar-refractivity contribution is 7.89. The third kappa shape index (κ3) is 2.94. The number of aromatic nitrogens is 2. The van der Waals surface area contributed by atoms with E-state index in [9.17, 15) is 13.2 Å². The summed E-state index contributed by atoms with van der Waals surface area (Å²) in [6, 6.07) is 0.200. The predicted molar refractivity (Wildman–Crippen MR) is 59.4 cm³/mol. The van der Waals surface area contributed by atoms with Crippen LogP contribution in [0.3, 0.4) is 0 Å². The van der Waals surface area contributed by atoms with E-state index in [0.717, 1.165) is 19.0 Å². The molecule has 0 radical (unpaired) electrons. The summed E-state index contributed by atoms with van der Waals surface area (Å²) >= 11 is 0. The molecule has 0 bridgehead atoms. The fourth-order valence-electron chi connectivity index (χ4n) is 1.24. The lowest BCUT2D eigenvalue weighted by molar-refractivity contribution is -0.120. The Balaban J connectivity index is 1.93. The highest BCUT2D eigenvalue weighted by atomic mass is 32.2. The third-order valence-electron chi connectivity index (χ3n) is 2.29. The molecule has 1 aromatic heterocycles. The van der Waals surface area contributed by atoms with Crippen molar-refractivity contribution < 1.29 is 13.2 Å². The summed E-state index contributed by atoms with van der Waals surface area (Å²) < 4.78 is 25.5. The number of amides is 1. The van der Waals surface area contributed by atoms with E-state index < -0.39 is 10.0 Å². The molecule has 17 heavy (non-hydrogen) atoms. The second kappa shape index (κ2) is 4.34. The quantitative estimate of drug-likeness (QED) is 0.514. The smallest absolute Gasteiger partial charge is 0.246 e. The van der Waals surface area contributed by atoms with E-state index in [1.54, 1.807) is 0 Å². The number of H-pyrrole nitrogens is 1. The first-order chi connectivity index (χ1) is 7.99. The standard InChI is InChI=1S/C8H13N5O3S/c9-8-6(3-10-13-8)17(15,16)11-4-7(14)12-5-1-2-5/h3,5,11H,1-2,4H2,(H,12,14)(H3,9,10,13). The van der Waals surface area contributed by atoms with Crippen molar-refractivity contribution in [2.75, 3.05) is 12.3 Å². The molecule has 0 unspecified atom stereocenters. The predicted octanol–water partition coefficient (Wildman–Crippen LogP) is -1.45. The summed E-state index contributed by atoms with van der Waals surface area (Å²) in [7, 11) is -3.79. The van der Waals surface area contributed by atoms with Gasteiger partial charge in [0.15, 0.2) is 0 Å². The van der Waals surface area contributed by atoms with Gasteiger partial charge in [-0.2, -0.15) is 5.10 Å². The molecule has 1 fully saturated rings. The van der Waals surface area contributed by atoms with Crippen molar-refractivity contribution >= 4 is 21.7 Å². The number of nitrogens with one attached hydrogen (secondary N) is 3. The zero-order chi connectivity index (χ0) is 12.5. The average Bonchev–Trinajstić information content (AvgIpc) is 2.95. The molecule has 0 atom stereocenters. The highest BCUT2D eigenvalue weighted by Gasteiger charge is 2.25. The maximum atomic E-state index is 11.7. The number of sulfonamides is 1. The third-order valence-corrected chi connectivity index (χ3v) is 3.72. The van der Waals surface area contributed by atoms with Crippen molar-refractivity contribution in [2.24, 2.45) is 0 Å². The number of hydrogen-bond acceptors (Lipinski definition) is 5. The van der Waals surface area contributed by atoms with Crippen molar-refractivity contribution in [2.45, 2.75) is 23.8 Å². The van der Waals surface area contributed by atoms with Crippen LogP contribution in [0, 0.1) is 0 Å². The van der Waals surface area contributed by atoms with Gasteiger partial charge in [0.25, 0.3) is 0 Å². The van der Waals surface area contributed by atoms with Crippen LogP contribution in [-0.4, -0.2) is 37.1 Å². The first-order valence-electron chi connectivity index (χ1n) is 5.07. The molecule has 0 saturated heterocycles. The van der Waals surface area contributed by atoms with Crippen LogP contribution in [-0.2, 0) is 14.8 Å². The van der Waals surface area contributed by atoms with E-state index in [1.165, 1.54) is 0 Å². The molecule has 94 valence electrons.